The van der Waals surface area contributed by atoms with Gasteiger partial charge in [-0.25, -0.2) is 4.79 Å². The molecule has 4 nitrogen and oxygen atoms in total. The van der Waals surface area contributed by atoms with Crippen molar-refractivity contribution in [3.63, 3.8) is 0 Å². The number of esters is 1. The van der Waals surface area contributed by atoms with Crippen LogP contribution in [0.1, 0.15) is 26.3 Å². The van der Waals surface area contributed by atoms with Crippen LogP contribution in [-0.2, 0) is 10.6 Å². The summed E-state index contributed by atoms with van der Waals surface area (Å²) >= 11 is 11.6. The van der Waals surface area contributed by atoms with Crippen LogP contribution in [0.15, 0.2) is 42.5 Å². The van der Waals surface area contributed by atoms with E-state index < -0.39 is 5.97 Å². The third-order valence-corrected chi connectivity index (χ3v) is 3.52. The molecule has 0 aliphatic carbocycles. The average Bonchev–Trinajstić information content (AvgIpc) is 2.55. The fourth-order valence-electron chi connectivity index (χ4n) is 1.89. The van der Waals surface area contributed by atoms with Crippen LogP contribution >= 0.6 is 23.2 Å². The van der Waals surface area contributed by atoms with Crippen molar-refractivity contribution in [2.75, 3.05) is 12.4 Å². The number of alkyl halides is 1. The van der Waals surface area contributed by atoms with Crippen LogP contribution in [0, 0.1) is 0 Å². The van der Waals surface area contributed by atoms with Crippen molar-refractivity contribution in [3.8, 4) is 0 Å². The number of halogens is 2. The number of carbonyl (C=O) groups is 2. The summed E-state index contributed by atoms with van der Waals surface area (Å²) in [4.78, 5) is 24.0. The lowest BCUT2D eigenvalue weighted by Gasteiger charge is -2.10. The van der Waals surface area contributed by atoms with Crippen LogP contribution in [0.2, 0.25) is 5.02 Å². The lowest BCUT2D eigenvalue weighted by molar-refractivity contribution is 0.0602. The third kappa shape index (κ3) is 3.78. The minimum atomic E-state index is -0.577. The molecule has 2 aromatic rings. The van der Waals surface area contributed by atoms with Gasteiger partial charge < -0.3 is 10.1 Å². The van der Waals surface area contributed by atoms with Crippen LogP contribution in [0.4, 0.5) is 5.69 Å². The summed E-state index contributed by atoms with van der Waals surface area (Å²) < 4.78 is 4.69. The number of rotatable bonds is 4. The lowest BCUT2D eigenvalue weighted by Crippen LogP contribution is -2.15. The minimum absolute atomic E-state index is 0.192. The SMILES string of the molecule is COC(=O)c1cc(Cl)ccc1NC(=O)c1cccc(CCl)c1. The minimum Gasteiger partial charge on any atom is -0.465 e. The van der Waals surface area contributed by atoms with Crippen molar-refractivity contribution in [2.45, 2.75) is 5.88 Å². The number of amides is 1. The number of hydrogen-bond acceptors (Lipinski definition) is 3. The Morgan fingerprint density at radius 2 is 1.95 bits per heavy atom. The van der Waals surface area contributed by atoms with Gasteiger partial charge in [-0.15, -0.1) is 11.6 Å². The molecule has 0 aliphatic rings. The van der Waals surface area contributed by atoms with Gasteiger partial charge in [0.2, 0.25) is 0 Å². The maximum atomic E-state index is 12.3. The molecule has 22 heavy (non-hydrogen) atoms. The highest BCUT2D eigenvalue weighted by Gasteiger charge is 2.15. The molecule has 2 rings (SSSR count). The molecule has 0 saturated heterocycles. The summed E-state index contributed by atoms with van der Waals surface area (Å²) in [6.07, 6.45) is 0. The van der Waals surface area contributed by atoms with Gasteiger partial charge in [0.15, 0.2) is 0 Å². The van der Waals surface area contributed by atoms with Crippen molar-refractivity contribution in [1.29, 1.82) is 0 Å². The zero-order valence-electron chi connectivity index (χ0n) is 11.7. The normalized spacial score (nSPS) is 10.1. The standard InChI is InChI=1S/C16H13Cl2NO3/c1-22-16(21)13-8-12(18)5-6-14(13)19-15(20)11-4-2-3-10(7-11)9-17/h2-8H,9H2,1H3,(H,19,20). The van der Waals surface area contributed by atoms with Crippen molar-refractivity contribution >= 4 is 40.8 Å². The number of benzene rings is 2. The molecule has 0 heterocycles. The molecule has 1 amide bonds. The Morgan fingerprint density at radius 3 is 2.64 bits per heavy atom. The average molecular weight is 338 g/mol. The van der Waals surface area contributed by atoms with E-state index in [1.807, 2.05) is 6.07 Å². The molecular formula is C16H13Cl2NO3. The van der Waals surface area contributed by atoms with E-state index in [1.165, 1.54) is 13.2 Å². The van der Waals surface area contributed by atoms with Crippen molar-refractivity contribution < 1.29 is 14.3 Å². The molecule has 0 saturated carbocycles. The topological polar surface area (TPSA) is 55.4 Å². The predicted octanol–water partition coefficient (Wildman–Crippen LogP) is 4.12. The highest BCUT2D eigenvalue weighted by Crippen LogP contribution is 2.22. The first kappa shape index (κ1) is 16.3. The molecule has 0 radical (unpaired) electrons. The summed E-state index contributed by atoms with van der Waals surface area (Å²) in [5.41, 5.74) is 1.80. The van der Waals surface area contributed by atoms with E-state index in [4.69, 9.17) is 23.2 Å². The summed E-state index contributed by atoms with van der Waals surface area (Å²) in [5, 5.41) is 3.06. The number of nitrogens with one attached hydrogen (secondary N) is 1. The van der Waals surface area contributed by atoms with E-state index >= 15 is 0 Å². The quantitative estimate of drug-likeness (QED) is 0.674. The fourth-order valence-corrected chi connectivity index (χ4v) is 2.23. The Hall–Kier alpha value is -2.04. The van der Waals surface area contributed by atoms with Crippen LogP contribution < -0.4 is 5.32 Å². The van der Waals surface area contributed by atoms with Crippen LogP contribution in [0.5, 0.6) is 0 Å². The molecule has 1 N–H and O–H groups in total. The highest BCUT2D eigenvalue weighted by atomic mass is 35.5. The van der Waals surface area contributed by atoms with E-state index in [1.54, 1.807) is 30.3 Å². The van der Waals surface area contributed by atoms with E-state index in [-0.39, 0.29) is 11.5 Å². The largest absolute Gasteiger partial charge is 0.465 e. The van der Waals surface area contributed by atoms with Gasteiger partial charge in [0.05, 0.1) is 18.4 Å². The molecule has 6 heteroatoms. The summed E-state index contributed by atoms with van der Waals surface area (Å²) in [6.45, 7) is 0. The molecule has 0 bridgehead atoms. The molecule has 0 fully saturated rings. The van der Waals surface area contributed by atoms with Crippen LogP contribution in [0.25, 0.3) is 0 Å². The van der Waals surface area contributed by atoms with Gasteiger partial charge >= 0.3 is 5.97 Å². The summed E-state index contributed by atoms with van der Waals surface area (Å²) in [6, 6.07) is 11.5. The Balaban J connectivity index is 2.30. The Bertz CT molecular complexity index is 716. The van der Waals surface area contributed by atoms with Crippen molar-refractivity contribution in [1.82, 2.24) is 0 Å². The molecule has 0 unspecified atom stereocenters. The summed E-state index contributed by atoms with van der Waals surface area (Å²) in [5.74, 6) is -0.609. The predicted molar refractivity (Wildman–Crippen MR) is 86.7 cm³/mol. The Labute approximate surface area is 138 Å². The maximum absolute atomic E-state index is 12.3. The van der Waals surface area contributed by atoms with E-state index in [0.29, 0.717) is 22.2 Å². The van der Waals surface area contributed by atoms with E-state index in [2.05, 4.69) is 10.1 Å². The van der Waals surface area contributed by atoms with Gasteiger partial charge in [-0.2, -0.15) is 0 Å². The van der Waals surface area contributed by atoms with Crippen LogP contribution in [-0.4, -0.2) is 19.0 Å². The Kier molecular flexibility index (Phi) is 5.41. The number of anilines is 1. The van der Waals surface area contributed by atoms with Gasteiger partial charge in [-0.1, -0.05) is 23.7 Å². The first-order valence-electron chi connectivity index (χ1n) is 6.39. The number of hydrogen-bond donors (Lipinski definition) is 1. The number of methoxy groups -OCH3 is 1. The third-order valence-electron chi connectivity index (χ3n) is 2.98. The number of carbonyl (C=O) groups excluding carboxylic acids is 2. The van der Waals surface area contributed by atoms with Gasteiger partial charge in [-0.05, 0) is 35.9 Å². The number of ether oxygens (including phenoxy) is 1. The highest BCUT2D eigenvalue weighted by molar-refractivity contribution is 6.31. The zero-order valence-corrected chi connectivity index (χ0v) is 13.2. The fraction of sp³-hybridized carbons (Fsp3) is 0.125. The molecule has 0 spiro atoms. The second-order valence-electron chi connectivity index (χ2n) is 4.47. The second-order valence-corrected chi connectivity index (χ2v) is 5.17. The van der Waals surface area contributed by atoms with Gasteiger partial charge in [0.1, 0.15) is 0 Å². The van der Waals surface area contributed by atoms with Crippen molar-refractivity contribution in [2.24, 2.45) is 0 Å². The maximum Gasteiger partial charge on any atom is 0.340 e. The van der Waals surface area contributed by atoms with Crippen LogP contribution in [0.3, 0.4) is 0 Å². The van der Waals surface area contributed by atoms with Gasteiger partial charge in [0, 0.05) is 16.5 Å². The second kappa shape index (κ2) is 7.29. The zero-order chi connectivity index (χ0) is 16.1. The lowest BCUT2D eigenvalue weighted by atomic mass is 10.1. The smallest absolute Gasteiger partial charge is 0.340 e. The molecule has 0 atom stereocenters. The van der Waals surface area contributed by atoms with Gasteiger partial charge in [0.25, 0.3) is 5.91 Å². The molecule has 0 aliphatic heterocycles. The molecular weight excluding hydrogens is 325 g/mol. The molecule has 2 aromatic carbocycles. The summed E-state index contributed by atoms with van der Waals surface area (Å²) in [7, 11) is 1.26. The van der Waals surface area contributed by atoms with Gasteiger partial charge in [-0.3, -0.25) is 4.79 Å². The van der Waals surface area contributed by atoms with Crippen molar-refractivity contribution in [3.05, 3.63) is 64.2 Å². The molecule has 0 aromatic heterocycles. The first-order chi connectivity index (χ1) is 10.5. The first-order valence-corrected chi connectivity index (χ1v) is 7.30. The molecule has 114 valence electrons. The monoisotopic (exact) mass is 337 g/mol. The Morgan fingerprint density at radius 1 is 1.18 bits per heavy atom. The van der Waals surface area contributed by atoms with E-state index in [9.17, 15) is 9.59 Å². The van der Waals surface area contributed by atoms with E-state index in [0.717, 1.165) is 5.56 Å².